The van der Waals surface area contributed by atoms with Gasteiger partial charge in [-0.1, -0.05) is 38.0 Å². The Labute approximate surface area is 198 Å². The molecule has 2 aromatic rings. The Morgan fingerprint density at radius 3 is 2.59 bits per heavy atom. The average molecular weight is 486 g/mol. The zero-order chi connectivity index (χ0) is 24.3. The van der Waals surface area contributed by atoms with Gasteiger partial charge in [-0.25, -0.2) is 8.42 Å². The van der Waals surface area contributed by atoms with E-state index in [1.807, 2.05) is 17.9 Å². The molecule has 11 heteroatoms. The highest BCUT2D eigenvalue weighted by atomic mass is 32.2. The number of sulfonamides is 1. The number of amides is 1. The van der Waals surface area contributed by atoms with E-state index in [2.05, 4.69) is 9.71 Å². The Balaban J connectivity index is 1.50. The lowest BCUT2D eigenvalue weighted by molar-refractivity contribution is -0.384. The van der Waals surface area contributed by atoms with Crippen LogP contribution in [0.5, 0.6) is 0 Å². The van der Waals surface area contributed by atoms with Gasteiger partial charge in [0, 0.05) is 49.6 Å². The molecule has 10 nitrogen and oxygen atoms in total. The largest absolute Gasteiger partial charge is 0.368 e. The zero-order valence-corrected chi connectivity index (χ0v) is 19.7. The summed E-state index contributed by atoms with van der Waals surface area (Å²) < 4.78 is 27.4. The van der Waals surface area contributed by atoms with Crippen molar-refractivity contribution >= 4 is 33.1 Å². The molecule has 2 heterocycles. The Morgan fingerprint density at radius 2 is 1.88 bits per heavy atom. The molecule has 0 saturated carbocycles. The fourth-order valence-electron chi connectivity index (χ4n) is 4.23. The van der Waals surface area contributed by atoms with Gasteiger partial charge in [0.05, 0.1) is 9.82 Å². The summed E-state index contributed by atoms with van der Waals surface area (Å²) in [7, 11) is -3.68. The van der Waals surface area contributed by atoms with Gasteiger partial charge in [0.2, 0.25) is 5.91 Å². The molecule has 2 aliphatic heterocycles. The molecule has 1 fully saturated rings. The lowest BCUT2D eigenvalue weighted by Gasteiger charge is -2.37. The van der Waals surface area contributed by atoms with Crippen molar-refractivity contribution in [1.29, 1.82) is 0 Å². The second-order valence-corrected chi connectivity index (χ2v) is 9.98. The number of carbonyl (C=O) groups excluding carboxylic acids is 1. The second-order valence-electron chi connectivity index (χ2n) is 8.33. The van der Waals surface area contributed by atoms with E-state index < -0.39 is 21.0 Å². The van der Waals surface area contributed by atoms with Crippen LogP contribution < -0.4 is 9.62 Å². The van der Waals surface area contributed by atoms with Crippen LogP contribution in [0, 0.1) is 10.1 Å². The second kappa shape index (κ2) is 9.80. The van der Waals surface area contributed by atoms with Crippen molar-refractivity contribution in [3.05, 3.63) is 64.2 Å². The number of aliphatic imine (C=N–C) groups is 1. The summed E-state index contributed by atoms with van der Waals surface area (Å²) in [5.41, 5.74) is 1.26. The van der Waals surface area contributed by atoms with Gasteiger partial charge in [0.15, 0.2) is 0 Å². The van der Waals surface area contributed by atoms with E-state index in [1.54, 1.807) is 29.2 Å². The molecule has 0 aromatic heterocycles. The molecule has 1 saturated heterocycles. The number of carbonyl (C=O) groups is 1. The molecule has 0 bridgehead atoms. The highest BCUT2D eigenvalue weighted by Crippen LogP contribution is 2.25. The molecule has 1 atom stereocenters. The maximum absolute atomic E-state index is 13.4. The molecule has 4 rings (SSSR count). The Hall–Kier alpha value is -3.47. The number of nitrogens with zero attached hydrogens (tertiary/aromatic N) is 4. The fraction of sp³-hybridized carbons (Fsp3) is 0.391. The number of benzene rings is 2. The first-order valence-corrected chi connectivity index (χ1v) is 12.8. The Kier molecular flexibility index (Phi) is 6.82. The van der Waals surface area contributed by atoms with E-state index in [9.17, 15) is 23.3 Å². The molecule has 1 N–H and O–H groups in total. The van der Waals surface area contributed by atoms with E-state index in [1.165, 1.54) is 18.2 Å². The molecule has 0 aliphatic carbocycles. The minimum Gasteiger partial charge on any atom is -0.368 e. The van der Waals surface area contributed by atoms with Crippen LogP contribution in [0.3, 0.4) is 0 Å². The summed E-state index contributed by atoms with van der Waals surface area (Å²) in [6.45, 7) is 4.02. The van der Waals surface area contributed by atoms with Gasteiger partial charge in [-0.15, -0.1) is 0 Å². The number of rotatable bonds is 7. The van der Waals surface area contributed by atoms with E-state index in [-0.39, 0.29) is 22.3 Å². The van der Waals surface area contributed by atoms with E-state index in [0.29, 0.717) is 38.2 Å². The van der Waals surface area contributed by atoms with Crippen LogP contribution in [0.4, 0.5) is 11.4 Å². The molecule has 180 valence electrons. The first kappa shape index (κ1) is 23.7. The SMILES string of the molecule is CCCCC(N=C1NS(=O)(=O)c2ccccc21)C(=O)N1CCN(c2cccc([N+](=O)[O-])c2)CC1. The third-order valence-electron chi connectivity index (χ3n) is 6.06. The van der Waals surface area contributed by atoms with E-state index >= 15 is 0 Å². The number of anilines is 1. The van der Waals surface area contributed by atoms with Gasteiger partial charge < -0.3 is 9.80 Å². The number of nitro benzene ring substituents is 1. The van der Waals surface area contributed by atoms with Crippen LogP contribution in [-0.4, -0.2) is 62.2 Å². The smallest absolute Gasteiger partial charge is 0.271 e. The molecule has 2 aromatic carbocycles. The third kappa shape index (κ3) is 4.89. The molecular formula is C23H27N5O5S. The minimum absolute atomic E-state index is 0.0331. The number of hydrogen-bond acceptors (Lipinski definition) is 7. The molecule has 1 amide bonds. The zero-order valence-electron chi connectivity index (χ0n) is 18.9. The Morgan fingerprint density at radius 1 is 1.15 bits per heavy atom. The first-order valence-electron chi connectivity index (χ1n) is 11.3. The first-order chi connectivity index (χ1) is 16.3. The standard InChI is InChI=1S/C23H27N5O5S/c1-2-3-10-20(24-22-19-9-4-5-11-21(19)34(32,33)25-22)23(29)27-14-12-26(13-15-27)17-7-6-8-18(16-17)28(30)31/h4-9,11,16,20H,2-3,10,12-15H2,1H3,(H,24,25). The van der Waals surface area contributed by atoms with Crippen molar-refractivity contribution in [2.75, 3.05) is 31.1 Å². The lowest BCUT2D eigenvalue weighted by atomic mass is 10.1. The molecule has 0 radical (unpaired) electrons. The number of hydrogen-bond donors (Lipinski definition) is 1. The van der Waals surface area contributed by atoms with Crippen LogP contribution >= 0.6 is 0 Å². The highest BCUT2D eigenvalue weighted by Gasteiger charge is 2.33. The van der Waals surface area contributed by atoms with Crippen molar-refractivity contribution in [3.8, 4) is 0 Å². The van der Waals surface area contributed by atoms with Gasteiger partial charge in [-0.2, -0.15) is 0 Å². The third-order valence-corrected chi connectivity index (χ3v) is 7.46. The summed E-state index contributed by atoms with van der Waals surface area (Å²) in [5.74, 6) is 0.0727. The van der Waals surface area contributed by atoms with Gasteiger partial charge >= 0.3 is 0 Å². The maximum Gasteiger partial charge on any atom is 0.271 e. The summed E-state index contributed by atoms with van der Waals surface area (Å²) in [5, 5.41) is 11.1. The van der Waals surface area contributed by atoms with Gasteiger partial charge in [-0.05, 0) is 24.6 Å². The lowest BCUT2D eigenvalue weighted by Crippen LogP contribution is -2.51. The monoisotopic (exact) mass is 485 g/mol. The summed E-state index contributed by atoms with van der Waals surface area (Å²) >= 11 is 0. The predicted molar refractivity (Wildman–Crippen MR) is 129 cm³/mol. The van der Waals surface area contributed by atoms with Gasteiger partial charge in [-0.3, -0.25) is 24.6 Å². The number of piperazine rings is 1. The van der Waals surface area contributed by atoms with Crippen molar-refractivity contribution in [2.45, 2.75) is 37.1 Å². The topological polar surface area (TPSA) is 125 Å². The fourth-order valence-corrected chi connectivity index (χ4v) is 5.46. The van der Waals surface area contributed by atoms with Crippen LogP contribution in [0.1, 0.15) is 31.7 Å². The molecular weight excluding hydrogens is 458 g/mol. The number of unbranched alkanes of at least 4 members (excludes halogenated alkanes) is 1. The van der Waals surface area contributed by atoms with Crippen LogP contribution in [0.25, 0.3) is 0 Å². The number of fused-ring (bicyclic) bond motifs is 1. The molecule has 1 unspecified atom stereocenters. The molecule has 34 heavy (non-hydrogen) atoms. The maximum atomic E-state index is 13.4. The molecule has 0 spiro atoms. The van der Waals surface area contributed by atoms with Crippen molar-refractivity contribution in [3.63, 3.8) is 0 Å². The van der Waals surface area contributed by atoms with E-state index in [0.717, 1.165) is 18.5 Å². The Bertz CT molecular complexity index is 1220. The van der Waals surface area contributed by atoms with Crippen LogP contribution in [0.2, 0.25) is 0 Å². The van der Waals surface area contributed by atoms with Crippen molar-refractivity contribution < 1.29 is 18.1 Å². The predicted octanol–water partition coefficient (Wildman–Crippen LogP) is 2.54. The summed E-state index contributed by atoms with van der Waals surface area (Å²) in [6.07, 6.45) is 2.20. The van der Waals surface area contributed by atoms with Gasteiger partial charge in [0.25, 0.3) is 15.7 Å². The van der Waals surface area contributed by atoms with E-state index in [4.69, 9.17) is 0 Å². The number of nitro groups is 1. The van der Waals surface area contributed by atoms with Crippen LogP contribution in [0.15, 0.2) is 58.4 Å². The number of non-ortho nitro benzene ring substituents is 1. The number of amidine groups is 1. The summed E-state index contributed by atoms with van der Waals surface area (Å²) in [6, 6.07) is 12.4. The normalized spacial score (nSPS) is 18.9. The van der Waals surface area contributed by atoms with Crippen molar-refractivity contribution in [2.24, 2.45) is 4.99 Å². The average Bonchev–Trinajstić information content (AvgIpc) is 3.11. The van der Waals surface area contributed by atoms with Gasteiger partial charge in [0.1, 0.15) is 11.9 Å². The quantitative estimate of drug-likeness (QED) is 0.475. The van der Waals surface area contributed by atoms with Crippen LogP contribution in [-0.2, 0) is 14.8 Å². The minimum atomic E-state index is -3.68. The molecule has 2 aliphatic rings. The summed E-state index contributed by atoms with van der Waals surface area (Å²) in [4.78, 5) is 32.6. The number of nitrogens with one attached hydrogen (secondary N) is 1. The van der Waals surface area contributed by atoms with Crippen molar-refractivity contribution in [1.82, 2.24) is 9.62 Å². The highest BCUT2D eigenvalue weighted by molar-refractivity contribution is 7.90.